The highest BCUT2D eigenvalue weighted by Crippen LogP contribution is 2.32. The van der Waals surface area contributed by atoms with Crippen LogP contribution >= 0.6 is 22.6 Å². The summed E-state index contributed by atoms with van der Waals surface area (Å²) < 4.78 is 13.0. The van der Waals surface area contributed by atoms with Crippen molar-refractivity contribution in [3.8, 4) is 5.75 Å². The summed E-state index contributed by atoms with van der Waals surface area (Å²) in [7, 11) is 0. The largest absolute Gasteiger partial charge is 0.465 e. The molecule has 0 bridgehead atoms. The molecule has 1 aromatic carbocycles. The van der Waals surface area contributed by atoms with Gasteiger partial charge in [-0.05, 0) is 35.3 Å². The zero-order valence-electron chi connectivity index (χ0n) is 11.5. The van der Waals surface area contributed by atoms with E-state index in [9.17, 15) is 0 Å². The number of ether oxygens (including phenoxy) is 2. The van der Waals surface area contributed by atoms with Crippen molar-refractivity contribution in [1.82, 2.24) is 0 Å². The number of hydrogen-bond acceptors (Lipinski definition) is 2. The minimum Gasteiger partial charge on any atom is -0.465 e. The van der Waals surface area contributed by atoms with Crippen molar-refractivity contribution in [3.05, 3.63) is 41.3 Å². The van der Waals surface area contributed by atoms with E-state index in [-0.39, 0.29) is 0 Å². The van der Waals surface area contributed by atoms with Gasteiger partial charge in [-0.15, -0.1) is 0 Å². The predicted octanol–water partition coefficient (Wildman–Crippen LogP) is 4.87. The summed E-state index contributed by atoms with van der Waals surface area (Å²) in [6.45, 7) is 2.95. The molecule has 0 aromatic heterocycles. The Kier molecular flexibility index (Phi) is 6.01. The Morgan fingerprint density at radius 2 is 2.11 bits per heavy atom. The lowest BCUT2D eigenvalue weighted by Crippen LogP contribution is -2.13. The van der Waals surface area contributed by atoms with Crippen LogP contribution in [0.15, 0.2) is 35.8 Å². The molecule has 3 heteroatoms. The molecule has 0 amide bonds. The Labute approximate surface area is 129 Å². The van der Waals surface area contributed by atoms with Gasteiger partial charge in [0.2, 0.25) is 0 Å². The minimum absolute atomic E-state index is 0.758. The first-order valence-electron chi connectivity index (χ1n) is 7.01. The number of unbranched alkanes of at least 4 members (excludes halogenated alkanes) is 1. The van der Waals surface area contributed by atoms with E-state index in [1.807, 2.05) is 12.1 Å². The maximum atomic E-state index is 5.93. The number of para-hydroxylation sites is 1. The number of rotatable bonds is 7. The van der Waals surface area contributed by atoms with Crippen LogP contribution in [0.25, 0.3) is 0 Å². The standard InChI is InChI=1S/C16H21IO2/c1-2-7-14-12-13-8-3-4-9-15(13)19-16(14)18-11-6-5-10-17/h3-4,8-9H,2,5-7,10-12H2,1H3. The Balaban J connectivity index is 2.04. The van der Waals surface area contributed by atoms with Crippen LogP contribution in [0, 0.1) is 0 Å². The maximum absolute atomic E-state index is 5.93. The third kappa shape index (κ3) is 4.13. The normalized spacial score (nSPS) is 14.0. The quantitative estimate of drug-likeness (QED) is 0.387. The average Bonchev–Trinajstić information content (AvgIpc) is 2.44. The highest BCUT2D eigenvalue weighted by atomic mass is 127. The molecule has 0 saturated heterocycles. The van der Waals surface area contributed by atoms with Gasteiger partial charge < -0.3 is 9.47 Å². The van der Waals surface area contributed by atoms with Crippen LogP contribution in [0.2, 0.25) is 0 Å². The zero-order valence-corrected chi connectivity index (χ0v) is 13.6. The second-order valence-electron chi connectivity index (χ2n) is 4.77. The molecule has 0 aliphatic carbocycles. The molecule has 104 valence electrons. The summed E-state index contributed by atoms with van der Waals surface area (Å²) in [6.07, 6.45) is 5.44. The van der Waals surface area contributed by atoms with Crippen molar-refractivity contribution in [2.24, 2.45) is 0 Å². The Hall–Kier alpha value is -0.710. The van der Waals surface area contributed by atoms with Crippen LogP contribution in [-0.4, -0.2) is 11.0 Å². The molecule has 0 fully saturated rings. The zero-order chi connectivity index (χ0) is 13.5. The molecule has 1 aromatic rings. The molecule has 1 heterocycles. The first-order chi connectivity index (χ1) is 9.35. The van der Waals surface area contributed by atoms with Crippen LogP contribution in [0.4, 0.5) is 0 Å². The van der Waals surface area contributed by atoms with Gasteiger partial charge in [-0.1, -0.05) is 54.1 Å². The summed E-state index contributed by atoms with van der Waals surface area (Å²) in [5, 5.41) is 0. The van der Waals surface area contributed by atoms with E-state index in [1.165, 1.54) is 22.0 Å². The molecule has 0 atom stereocenters. The van der Waals surface area contributed by atoms with Crippen molar-refractivity contribution in [2.45, 2.75) is 39.0 Å². The fourth-order valence-electron chi connectivity index (χ4n) is 2.21. The molecule has 2 nitrogen and oxygen atoms in total. The fraction of sp³-hybridized carbons (Fsp3) is 0.500. The molecular formula is C16H21IO2. The number of alkyl halides is 1. The first kappa shape index (κ1) is 14.7. The van der Waals surface area contributed by atoms with Gasteiger partial charge in [0.05, 0.1) is 6.61 Å². The third-order valence-electron chi connectivity index (χ3n) is 3.18. The molecule has 0 spiro atoms. The topological polar surface area (TPSA) is 18.5 Å². The summed E-state index contributed by atoms with van der Waals surface area (Å²) in [5.41, 5.74) is 2.57. The van der Waals surface area contributed by atoms with Crippen molar-refractivity contribution < 1.29 is 9.47 Å². The van der Waals surface area contributed by atoms with Gasteiger partial charge >= 0.3 is 0 Å². The van der Waals surface area contributed by atoms with E-state index in [0.29, 0.717) is 0 Å². The van der Waals surface area contributed by atoms with E-state index in [1.54, 1.807) is 0 Å². The Morgan fingerprint density at radius 3 is 2.89 bits per heavy atom. The number of allylic oxidation sites excluding steroid dienone is 1. The molecule has 2 rings (SSSR count). The van der Waals surface area contributed by atoms with Crippen LogP contribution in [0.3, 0.4) is 0 Å². The fourth-order valence-corrected chi connectivity index (χ4v) is 2.75. The molecular weight excluding hydrogens is 351 g/mol. The summed E-state index contributed by atoms with van der Waals surface area (Å²) in [4.78, 5) is 0. The van der Waals surface area contributed by atoms with Gasteiger partial charge in [-0.3, -0.25) is 0 Å². The average molecular weight is 372 g/mol. The van der Waals surface area contributed by atoms with E-state index < -0.39 is 0 Å². The van der Waals surface area contributed by atoms with Gasteiger partial charge in [0.1, 0.15) is 5.75 Å². The Morgan fingerprint density at radius 1 is 1.26 bits per heavy atom. The van der Waals surface area contributed by atoms with Gasteiger partial charge in [0.25, 0.3) is 5.95 Å². The van der Waals surface area contributed by atoms with E-state index >= 15 is 0 Å². The predicted molar refractivity (Wildman–Crippen MR) is 86.8 cm³/mol. The van der Waals surface area contributed by atoms with Gasteiger partial charge in [0.15, 0.2) is 0 Å². The number of hydrogen-bond donors (Lipinski definition) is 0. The lowest BCUT2D eigenvalue weighted by Gasteiger charge is -2.23. The Bertz CT molecular complexity index is 440. The lowest BCUT2D eigenvalue weighted by molar-refractivity contribution is 0.0944. The lowest BCUT2D eigenvalue weighted by atomic mass is 9.99. The molecule has 0 unspecified atom stereocenters. The third-order valence-corrected chi connectivity index (χ3v) is 3.94. The van der Waals surface area contributed by atoms with Crippen molar-refractivity contribution in [1.29, 1.82) is 0 Å². The highest BCUT2D eigenvalue weighted by molar-refractivity contribution is 14.1. The van der Waals surface area contributed by atoms with Gasteiger partial charge in [0, 0.05) is 12.0 Å². The molecule has 19 heavy (non-hydrogen) atoms. The van der Waals surface area contributed by atoms with Gasteiger partial charge in [-0.2, -0.15) is 0 Å². The molecule has 0 saturated carbocycles. The molecule has 1 aliphatic rings. The van der Waals surface area contributed by atoms with Crippen LogP contribution in [0.1, 0.15) is 38.2 Å². The minimum atomic E-state index is 0.758. The van der Waals surface area contributed by atoms with Crippen molar-refractivity contribution in [3.63, 3.8) is 0 Å². The van der Waals surface area contributed by atoms with E-state index in [0.717, 1.165) is 44.0 Å². The van der Waals surface area contributed by atoms with E-state index in [2.05, 4.69) is 41.6 Å². The highest BCUT2D eigenvalue weighted by Gasteiger charge is 2.20. The smallest absolute Gasteiger partial charge is 0.284 e. The van der Waals surface area contributed by atoms with Gasteiger partial charge in [-0.25, -0.2) is 0 Å². The summed E-state index contributed by atoms with van der Waals surface area (Å²) in [5.74, 6) is 1.71. The first-order valence-corrected chi connectivity index (χ1v) is 8.54. The summed E-state index contributed by atoms with van der Waals surface area (Å²) in [6, 6.07) is 8.24. The van der Waals surface area contributed by atoms with Crippen molar-refractivity contribution in [2.75, 3.05) is 11.0 Å². The van der Waals surface area contributed by atoms with Crippen LogP contribution in [-0.2, 0) is 11.2 Å². The maximum Gasteiger partial charge on any atom is 0.284 e. The summed E-state index contributed by atoms with van der Waals surface area (Å²) >= 11 is 2.40. The number of fused-ring (bicyclic) bond motifs is 1. The molecule has 1 aliphatic heterocycles. The van der Waals surface area contributed by atoms with E-state index in [4.69, 9.17) is 9.47 Å². The SMILES string of the molecule is CCCC1=C(OCCCCI)Oc2ccccc2C1. The monoisotopic (exact) mass is 372 g/mol. The van der Waals surface area contributed by atoms with Crippen LogP contribution in [0.5, 0.6) is 5.75 Å². The molecule has 0 radical (unpaired) electrons. The number of benzene rings is 1. The second kappa shape index (κ2) is 7.78. The number of halogens is 1. The molecule has 0 N–H and O–H groups in total. The van der Waals surface area contributed by atoms with Crippen LogP contribution < -0.4 is 4.74 Å². The van der Waals surface area contributed by atoms with Crippen molar-refractivity contribution >= 4 is 22.6 Å². The second-order valence-corrected chi connectivity index (χ2v) is 5.85.